The average molecular weight is 299 g/mol. The summed E-state index contributed by atoms with van der Waals surface area (Å²) in [6.07, 6.45) is 2.61. The summed E-state index contributed by atoms with van der Waals surface area (Å²) in [7, 11) is 1.85. The number of rotatable bonds is 5. The molecule has 2 rings (SSSR count). The molecule has 0 aliphatic heterocycles. The molecule has 0 aliphatic carbocycles. The third-order valence-electron chi connectivity index (χ3n) is 2.90. The van der Waals surface area contributed by atoms with Gasteiger partial charge in [-0.25, -0.2) is 4.98 Å². The molecular formula is C13H16Cl2N4. The van der Waals surface area contributed by atoms with Crippen molar-refractivity contribution < 1.29 is 0 Å². The number of benzene rings is 1. The summed E-state index contributed by atoms with van der Waals surface area (Å²) in [6.45, 7) is 2.72. The van der Waals surface area contributed by atoms with E-state index in [1.54, 1.807) is 17.1 Å². The lowest BCUT2D eigenvalue weighted by Crippen LogP contribution is -2.21. The number of halogens is 2. The Kier molecular flexibility index (Phi) is 4.80. The monoisotopic (exact) mass is 298 g/mol. The van der Waals surface area contributed by atoms with Crippen molar-refractivity contribution >= 4 is 23.2 Å². The van der Waals surface area contributed by atoms with Crippen molar-refractivity contribution in [1.82, 2.24) is 20.1 Å². The summed E-state index contributed by atoms with van der Waals surface area (Å²) in [5.74, 6) is 0.769. The van der Waals surface area contributed by atoms with Crippen LogP contribution in [0.15, 0.2) is 24.5 Å². The summed E-state index contributed by atoms with van der Waals surface area (Å²) in [4.78, 5) is 4.19. The molecule has 1 heterocycles. The van der Waals surface area contributed by atoms with Crippen molar-refractivity contribution in [2.75, 3.05) is 0 Å². The quantitative estimate of drug-likeness (QED) is 0.920. The predicted molar refractivity (Wildman–Crippen MR) is 77.3 cm³/mol. The van der Waals surface area contributed by atoms with E-state index in [1.807, 2.05) is 19.2 Å². The van der Waals surface area contributed by atoms with Gasteiger partial charge >= 0.3 is 0 Å². The van der Waals surface area contributed by atoms with Crippen molar-refractivity contribution in [2.24, 2.45) is 7.05 Å². The molecule has 2 aromatic rings. The van der Waals surface area contributed by atoms with Crippen LogP contribution < -0.4 is 5.32 Å². The SMILES string of the molecule is CCC(NCc1ncn(C)n1)c1ccc(Cl)cc1Cl. The fourth-order valence-electron chi connectivity index (χ4n) is 1.94. The molecule has 0 fully saturated rings. The van der Waals surface area contributed by atoms with Crippen molar-refractivity contribution in [3.63, 3.8) is 0 Å². The molecule has 6 heteroatoms. The first kappa shape index (κ1) is 14.3. The van der Waals surface area contributed by atoms with Crippen LogP contribution in [0, 0.1) is 0 Å². The molecule has 0 saturated heterocycles. The Hall–Kier alpha value is -1.10. The molecule has 4 nitrogen and oxygen atoms in total. The molecule has 19 heavy (non-hydrogen) atoms. The first-order valence-corrected chi connectivity index (χ1v) is 6.88. The molecule has 0 amide bonds. The van der Waals surface area contributed by atoms with Gasteiger partial charge in [0.15, 0.2) is 5.82 Å². The third kappa shape index (κ3) is 3.69. The number of hydrogen-bond acceptors (Lipinski definition) is 3. The Morgan fingerprint density at radius 1 is 1.37 bits per heavy atom. The Morgan fingerprint density at radius 3 is 2.74 bits per heavy atom. The van der Waals surface area contributed by atoms with Crippen LogP contribution in [0.25, 0.3) is 0 Å². The summed E-state index contributed by atoms with van der Waals surface area (Å²) in [6, 6.07) is 5.74. The maximum Gasteiger partial charge on any atom is 0.164 e. The zero-order valence-corrected chi connectivity index (χ0v) is 12.4. The van der Waals surface area contributed by atoms with Gasteiger partial charge in [-0.1, -0.05) is 36.2 Å². The van der Waals surface area contributed by atoms with Crippen LogP contribution >= 0.6 is 23.2 Å². The van der Waals surface area contributed by atoms with Crippen LogP contribution in [0.3, 0.4) is 0 Å². The molecule has 0 radical (unpaired) electrons. The van der Waals surface area contributed by atoms with E-state index in [0.717, 1.165) is 17.8 Å². The van der Waals surface area contributed by atoms with Crippen LogP contribution in [0.4, 0.5) is 0 Å². The second-order valence-corrected chi connectivity index (χ2v) is 5.19. The van der Waals surface area contributed by atoms with E-state index in [9.17, 15) is 0 Å². The molecule has 0 aliphatic rings. The molecule has 102 valence electrons. The summed E-state index contributed by atoms with van der Waals surface area (Å²) < 4.78 is 1.69. The highest BCUT2D eigenvalue weighted by molar-refractivity contribution is 6.35. The van der Waals surface area contributed by atoms with Gasteiger partial charge in [-0.05, 0) is 24.1 Å². The first-order valence-electron chi connectivity index (χ1n) is 6.13. The summed E-state index contributed by atoms with van der Waals surface area (Å²) in [5.41, 5.74) is 1.05. The fraction of sp³-hybridized carbons (Fsp3) is 0.385. The second kappa shape index (κ2) is 6.37. The van der Waals surface area contributed by atoms with E-state index in [-0.39, 0.29) is 6.04 Å². The number of aryl methyl sites for hydroxylation is 1. The van der Waals surface area contributed by atoms with E-state index < -0.39 is 0 Å². The molecule has 1 aromatic heterocycles. The van der Waals surface area contributed by atoms with E-state index in [2.05, 4.69) is 22.3 Å². The minimum absolute atomic E-state index is 0.161. The largest absolute Gasteiger partial charge is 0.303 e. The van der Waals surface area contributed by atoms with Gasteiger partial charge in [-0.15, -0.1) is 0 Å². The Labute approximate surface area is 122 Å². The lowest BCUT2D eigenvalue weighted by atomic mass is 10.0. The van der Waals surface area contributed by atoms with Crippen LogP contribution in [0.2, 0.25) is 10.0 Å². The molecular weight excluding hydrogens is 283 g/mol. The van der Waals surface area contributed by atoms with Crippen molar-refractivity contribution in [2.45, 2.75) is 25.9 Å². The lowest BCUT2D eigenvalue weighted by Gasteiger charge is -2.18. The van der Waals surface area contributed by atoms with Gasteiger partial charge in [-0.3, -0.25) is 4.68 Å². The summed E-state index contributed by atoms with van der Waals surface area (Å²) >= 11 is 12.1. The van der Waals surface area contributed by atoms with Crippen LogP contribution in [0.1, 0.15) is 30.8 Å². The highest BCUT2D eigenvalue weighted by Crippen LogP contribution is 2.28. The molecule has 0 bridgehead atoms. The van der Waals surface area contributed by atoms with Crippen molar-refractivity contribution in [1.29, 1.82) is 0 Å². The van der Waals surface area contributed by atoms with Gasteiger partial charge in [0, 0.05) is 23.1 Å². The van der Waals surface area contributed by atoms with E-state index in [4.69, 9.17) is 23.2 Å². The predicted octanol–water partition coefficient (Wildman–Crippen LogP) is 3.36. The molecule has 1 N–H and O–H groups in total. The lowest BCUT2D eigenvalue weighted by molar-refractivity contribution is 0.507. The molecule has 1 unspecified atom stereocenters. The highest BCUT2D eigenvalue weighted by Gasteiger charge is 2.13. The fourth-order valence-corrected chi connectivity index (χ4v) is 2.48. The maximum absolute atomic E-state index is 6.23. The van der Waals surface area contributed by atoms with Crippen molar-refractivity contribution in [3.05, 3.63) is 46.0 Å². The minimum atomic E-state index is 0.161. The Bertz CT molecular complexity index is 553. The highest BCUT2D eigenvalue weighted by atomic mass is 35.5. The number of aromatic nitrogens is 3. The second-order valence-electron chi connectivity index (χ2n) is 4.34. The number of nitrogens with one attached hydrogen (secondary N) is 1. The normalized spacial score (nSPS) is 12.6. The third-order valence-corrected chi connectivity index (χ3v) is 3.46. The van der Waals surface area contributed by atoms with Crippen LogP contribution in [0.5, 0.6) is 0 Å². The van der Waals surface area contributed by atoms with E-state index >= 15 is 0 Å². The van der Waals surface area contributed by atoms with Gasteiger partial charge in [0.25, 0.3) is 0 Å². The van der Waals surface area contributed by atoms with Gasteiger partial charge in [0.05, 0.1) is 6.54 Å². The molecule has 0 spiro atoms. The first-order chi connectivity index (χ1) is 9.10. The van der Waals surface area contributed by atoms with Gasteiger partial charge in [0.1, 0.15) is 6.33 Å². The average Bonchev–Trinajstić information content (AvgIpc) is 2.78. The van der Waals surface area contributed by atoms with Gasteiger partial charge in [0.2, 0.25) is 0 Å². The maximum atomic E-state index is 6.23. The molecule has 1 atom stereocenters. The Balaban J connectivity index is 2.07. The van der Waals surface area contributed by atoms with Crippen LogP contribution in [-0.4, -0.2) is 14.8 Å². The molecule has 0 saturated carbocycles. The van der Waals surface area contributed by atoms with Crippen LogP contribution in [-0.2, 0) is 13.6 Å². The van der Waals surface area contributed by atoms with E-state index in [1.165, 1.54) is 0 Å². The number of hydrogen-bond donors (Lipinski definition) is 1. The smallest absolute Gasteiger partial charge is 0.164 e. The minimum Gasteiger partial charge on any atom is -0.303 e. The summed E-state index contributed by atoms with van der Waals surface area (Å²) in [5, 5.41) is 8.98. The molecule has 1 aromatic carbocycles. The number of nitrogens with zero attached hydrogens (tertiary/aromatic N) is 3. The zero-order valence-electron chi connectivity index (χ0n) is 10.9. The van der Waals surface area contributed by atoms with Gasteiger partial charge < -0.3 is 5.32 Å². The standard InChI is InChI=1S/C13H16Cl2N4/c1-3-12(10-5-4-9(14)6-11(10)15)16-7-13-17-8-19(2)18-13/h4-6,8,12,16H,3,7H2,1-2H3. The Morgan fingerprint density at radius 2 is 2.16 bits per heavy atom. The van der Waals surface area contributed by atoms with Gasteiger partial charge in [-0.2, -0.15) is 5.10 Å². The topological polar surface area (TPSA) is 42.7 Å². The zero-order chi connectivity index (χ0) is 13.8. The van der Waals surface area contributed by atoms with Crippen molar-refractivity contribution in [3.8, 4) is 0 Å². The van der Waals surface area contributed by atoms with E-state index in [0.29, 0.717) is 16.6 Å².